The van der Waals surface area contributed by atoms with Gasteiger partial charge in [0.05, 0.1) is 29.2 Å². The van der Waals surface area contributed by atoms with Crippen LogP contribution < -0.4 is 34.0 Å². The Labute approximate surface area is 261 Å². The molecule has 1 aromatic heterocycles. The summed E-state index contributed by atoms with van der Waals surface area (Å²) in [5, 5.41) is 6.62. The molecule has 1 saturated heterocycles. The summed E-state index contributed by atoms with van der Waals surface area (Å²) >= 11 is 3.54. The molecule has 0 spiro atoms. The number of halogens is 1. The van der Waals surface area contributed by atoms with Crippen LogP contribution in [0.2, 0.25) is 0 Å². The van der Waals surface area contributed by atoms with Gasteiger partial charge in [0.2, 0.25) is 16.0 Å². The molecule has 0 amide bonds. The largest absolute Gasteiger partial charge is 0.494 e. The standard InChI is InChI=1S/C29H38BrN7O5S/c1-6-19-16-22(25(40-4)17-23(19)36-12-10-35(3)11-13-36)33-29-31-18-20(30)28(34-29)32-21-8-9-24-27(42-15-14-41-24)26(21)37(7-2)43(5,38)39/h8-9,16-18H,6-7,10-15H2,1-5H3,(H2,31,32,33,34). The Morgan fingerprint density at radius 2 is 1.81 bits per heavy atom. The number of aromatic nitrogens is 2. The van der Waals surface area contributed by atoms with Crippen LogP contribution in [-0.4, -0.2) is 89.6 Å². The number of aryl methyl sites for hydroxylation is 1. The van der Waals surface area contributed by atoms with E-state index in [4.69, 9.17) is 19.2 Å². The number of anilines is 6. The quantitative estimate of drug-likeness (QED) is 0.313. The van der Waals surface area contributed by atoms with Gasteiger partial charge in [0, 0.05) is 50.7 Å². The van der Waals surface area contributed by atoms with Gasteiger partial charge < -0.3 is 34.6 Å². The van der Waals surface area contributed by atoms with Gasteiger partial charge in [-0.25, -0.2) is 13.4 Å². The number of nitrogens with zero attached hydrogens (tertiary/aromatic N) is 5. The zero-order chi connectivity index (χ0) is 30.7. The van der Waals surface area contributed by atoms with Crippen LogP contribution in [0.5, 0.6) is 17.2 Å². The molecule has 0 bridgehead atoms. The lowest BCUT2D eigenvalue weighted by Crippen LogP contribution is -2.44. The normalized spacial score (nSPS) is 15.3. The van der Waals surface area contributed by atoms with E-state index in [1.807, 2.05) is 0 Å². The molecule has 3 aromatic rings. The number of rotatable bonds is 10. The molecule has 0 aliphatic carbocycles. The summed E-state index contributed by atoms with van der Waals surface area (Å²) < 4.78 is 44.9. The van der Waals surface area contributed by atoms with Crippen LogP contribution in [0.1, 0.15) is 19.4 Å². The molecule has 2 aliphatic heterocycles. The number of ether oxygens (including phenoxy) is 3. The third-order valence-corrected chi connectivity index (χ3v) is 9.31. The van der Waals surface area contributed by atoms with Crippen LogP contribution in [0.25, 0.3) is 0 Å². The SMILES string of the molecule is CCc1cc(Nc2ncc(Br)c(Nc3ccc4c(c3N(CC)S(C)(=O)=O)OCCO4)n2)c(OC)cc1N1CCN(C)CC1. The van der Waals surface area contributed by atoms with Gasteiger partial charge in [-0.1, -0.05) is 6.92 Å². The van der Waals surface area contributed by atoms with Crippen molar-refractivity contribution in [2.45, 2.75) is 20.3 Å². The number of hydrogen-bond donors (Lipinski definition) is 2. The fourth-order valence-corrected chi connectivity index (χ4v) is 6.55. The van der Waals surface area contributed by atoms with E-state index in [0.29, 0.717) is 58.1 Å². The maximum atomic E-state index is 12.8. The number of sulfonamides is 1. The Bertz CT molecular complexity index is 1580. The summed E-state index contributed by atoms with van der Waals surface area (Å²) in [6, 6.07) is 7.68. The third kappa shape index (κ3) is 6.70. The lowest BCUT2D eigenvalue weighted by molar-refractivity contribution is 0.172. The number of fused-ring (bicyclic) bond motifs is 1. The van der Waals surface area contributed by atoms with Crippen molar-refractivity contribution in [2.24, 2.45) is 0 Å². The number of nitrogens with one attached hydrogen (secondary N) is 2. The summed E-state index contributed by atoms with van der Waals surface area (Å²) in [5.41, 5.74) is 3.97. The van der Waals surface area contributed by atoms with E-state index in [1.165, 1.54) is 21.8 Å². The van der Waals surface area contributed by atoms with Crippen LogP contribution in [-0.2, 0) is 16.4 Å². The van der Waals surface area contributed by atoms with E-state index in [0.717, 1.165) is 38.3 Å². The topological polar surface area (TPSA) is 121 Å². The first-order valence-electron chi connectivity index (χ1n) is 14.2. The molecule has 0 unspecified atom stereocenters. The molecule has 2 aromatic carbocycles. The molecule has 3 heterocycles. The van der Waals surface area contributed by atoms with Crippen molar-refractivity contribution < 1.29 is 22.6 Å². The molecule has 0 radical (unpaired) electrons. The van der Waals surface area contributed by atoms with Gasteiger partial charge in [0.1, 0.15) is 30.5 Å². The molecule has 0 saturated carbocycles. The highest BCUT2D eigenvalue weighted by Gasteiger charge is 2.29. The smallest absolute Gasteiger partial charge is 0.232 e. The highest BCUT2D eigenvalue weighted by atomic mass is 79.9. The highest BCUT2D eigenvalue weighted by Crippen LogP contribution is 2.47. The van der Waals surface area contributed by atoms with E-state index in [9.17, 15) is 8.42 Å². The minimum Gasteiger partial charge on any atom is -0.494 e. The van der Waals surface area contributed by atoms with Gasteiger partial charge >= 0.3 is 0 Å². The van der Waals surface area contributed by atoms with Crippen molar-refractivity contribution in [2.75, 3.05) is 86.2 Å². The maximum absolute atomic E-state index is 12.8. The Hall–Kier alpha value is -3.49. The van der Waals surface area contributed by atoms with E-state index in [1.54, 1.807) is 32.4 Å². The van der Waals surface area contributed by atoms with Gasteiger partial charge in [0.25, 0.3) is 0 Å². The lowest BCUT2D eigenvalue weighted by Gasteiger charge is -2.35. The highest BCUT2D eigenvalue weighted by molar-refractivity contribution is 9.10. The van der Waals surface area contributed by atoms with Crippen molar-refractivity contribution in [3.63, 3.8) is 0 Å². The molecular weight excluding hydrogens is 638 g/mol. The van der Waals surface area contributed by atoms with Gasteiger partial charge in [-0.2, -0.15) is 4.98 Å². The van der Waals surface area contributed by atoms with Gasteiger partial charge in [0.15, 0.2) is 11.5 Å². The van der Waals surface area contributed by atoms with Gasteiger partial charge in [-0.15, -0.1) is 0 Å². The number of hydrogen-bond acceptors (Lipinski definition) is 11. The second kappa shape index (κ2) is 13.0. The minimum atomic E-state index is -3.62. The van der Waals surface area contributed by atoms with Crippen molar-refractivity contribution in [1.29, 1.82) is 0 Å². The average molecular weight is 677 g/mol. The first-order valence-corrected chi connectivity index (χ1v) is 16.9. The summed E-state index contributed by atoms with van der Waals surface area (Å²) in [6.07, 6.45) is 3.66. The van der Waals surface area contributed by atoms with Crippen LogP contribution in [0.4, 0.5) is 34.5 Å². The monoisotopic (exact) mass is 675 g/mol. The van der Waals surface area contributed by atoms with Crippen LogP contribution in [0.15, 0.2) is 34.9 Å². The Kier molecular flexibility index (Phi) is 9.37. The zero-order valence-electron chi connectivity index (χ0n) is 25.1. The number of benzene rings is 2. The molecule has 43 heavy (non-hydrogen) atoms. The van der Waals surface area contributed by atoms with Crippen LogP contribution in [0, 0.1) is 0 Å². The second-order valence-corrected chi connectivity index (χ2v) is 13.1. The first-order chi connectivity index (χ1) is 20.6. The molecule has 0 atom stereocenters. The number of likely N-dealkylation sites (N-methyl/N-ethyl adjacent to an activating group) is 1. The van der Waals surface area contributed by atoms with E-state index in [2.05, 4.69) is 67.5 Å². The summed E-state index contributed by atoms with van der Waals surface area (Å²) in [7, 11) is 0.176. The van der Waals surface area contributed by atoms with E-state index < -0.39 is 10.0 Å². The summed E-state index contributed by atoms with van der Waals surface area (Å²) in [4.78, 5) is 13.9. The van der Waals surface area contributed by atoms with Crippen molar-refractivity contribution in [3.8, 4) is 17.2 Å². The zero-order valence-corrected chi connectivity index (χ0v) is 27.5. The number of methoxy groups -OCH3 is 1. The van der Waals surface area contributed by atoms with Crippen LogP contribution in [0.3, 0.4) is 0 Å². The summed E-state index contributed by atoms with van der Waals surface area (Å²) in [5.74, 6) is 2.31. The van der Waals surface area contributed by atoms with Crippen molar-refractivity contribution in [3.05, 3.63) is 40.5 Å². The number of piperazine rings is 1. The maximum Gasteiger partial charge on any atom is 0.232 e. The second-order valence-electron chi connectivity index (χ2n) is 10.4. The fraction of sp³-hybridized carbons (Fsp3) is 0.448. The van der Waals surface area contributed by atoms with Crippen molar-refractivity contribution in [1.82, 2.24) is 14.9 Å². The van der Waals surface area contributed by atoms with Crippen LogP contribution >= 0.6 is 15.9 Å². The summed E-state index contributed by atoms with van der Waals surface area (Å²) in [6.45, 7) is 8.75. The molecule has 2 N–H and O–H groups in total. The Morgan fingerprint density at radius 1 is 1.07 bits per heavy atom. The Balaban J connectivity index is 1.48. The van der Waals surface area contributed by atoms with Gasteiger partial charge in [-0.3, -0.25) is 4.31 Å². The molecular formula is C29H38BrN7O5S. The van der Waals surface area contributed by atoms with E-state index in [-0.39, 0.29) is 6.54 Å². The molecule has 5 rings (SSSR count). The van der Waals surface area contributed by atoms with Gasteiger partial charge in [-0.05, 0) is 60.1 Å². The van der Waals surface area contributed by atoms with E-state index >= 15 is 0 Å². The lowest BCUT2D eigenvalue weighted by atomic mass is 10.1. The fourth-order valence-electron chi connectivity index (χ4n) is 5.28. The molecule has 2 aliphatic rings. The molecule has 232 valence electrons. The average Bonchev–Trinajstić information content (AvgIpc) is 2.99. The molecule has 1 fully saturated rings. The minimum absolute atomic E-state index is 0.203. The Morgan fingerprint density at radius 3 is 2.49 bits per heavy atom. The molecule has 12 nitrogen and oxygen atoms in total. The predicted octanol–water partition coefficient (Wildman–Crippen LogP) is 4.61. The first kappa shape index (κ1) is 31.0. The third-order valence-electron chi connectivity index (χ3n) is 7.49. The predicted molar refractivity (Wildman–Crippen MR) is 174 cm³/mol. The van der Waals surface area contributed by atoms with Crippen molar-refractivity contribution >= 4 is 60.5 Å². The molecule has 14 heteroatoms.